The summed E-state index contributed by atoms with van der Waals surface area (Å²) in [6.07, 6.45) is 3.27. The number of rotatable bonds is 5. The summed E-state index contributed by atoms with van der Waals surface area (Å²) in [5.41, 5.74) is 5.68. The van der Waals surface area contributed by atoms with Crippen LogP contribution in [0.15, 0.2) is 72.9 Å². The van der Waals surface area contributed by atoms with Gasteiger partial charge in [-0.15, -0.1) is 0 Å². The molecule has 0 aliphatic rings. The Bertz CT molecular complexity index is 1170. The summed E-state index contributed by atoms with van der Waals surface area (Å²) >= 11 is 6.15. The minimum Gasteiger partial charge on any atom is -0.345 e. The van der Waals surface area contributed by atoms with Crippen LogP contribution in [-0.4, -0.2) is 9.97 Å². The first kappa shape index (κ1) is 18.9. The van der Waals surface area contributed by atoms with Gasteiger partial charge in [0.15, 0.2) is 0 Å². The molecule has 0 atom stereocenters. The number of aromatic amines is 1. The molecule has 1 heterocycles. The van der Waals surface area contributed by atoms with Crippen LogP contribution in [0, 0.1) is 17.1 Å². The largest absolute Gasteiger partial charge is 0.345 e. The molecule has 3 nitrogen and oxygen atoms in total. The van der Waals surface area contributed by atoms with Crippen LogP contribution < -0.4 is 0 Å². The molecule has 0 unspecified atom stereocenters. The number of hydrogen-bond acceptors (Lipinski definition) is 2. The van der Waals surface area contributed by atoms with Crippen molar-refractivity contribution in [1.82, 2.24) is 9.97 Å². The fourth-order valence-electron chi connectivity index (χ4n) is 3.22. The number of H-pyrrole nitrogens is 1. The quantitative estimate of drug-likeness (QED) is 0.451. The molecule has 0 aliphatic carbocycles. The number of benzene rings is 3. The van der Waals surface area contributed by atoms with Crippen molar-refractivity contribution in [3.63, 3.8) is 0 Å². The van der Waals surface area contributed by atoms with E-state index in [0.717, 1.165) is 40.2 Å². The van der Waals surface area contributed by atoms with Gasteiger partial charge in [-0.2, -0.15) is 5.26 Å². The van der Waals surface area contributed by atoms with Crippen LogP contribution in [0.2, 0.25) is 5.02 Å². The number of imidazole rings is 1. The molecule has 0 saturated heterocycles. The number of nitriles is 1. The third-order valence-electron chi connectivity index (χ3n) is 4.73. The number of halogens is 2. The lowest BCUT2D eigenvalue weighted by Gasteiger charge is -2.06. The Morgan fingerprint density at radius 2 is 1.62 bits per heavy atom. The Morgan fingerprint density at radius 1 is 0.931 bits per heavy atom. The fraction of sp³-hybridized carbons (Fsp3) is 0.0833. The van der Waals surface area contributed by atoms with Crippen molar-refractivity contribution in [1.29, 1.82) is 5.26 Å². The SMILES string of the molecule is N#Cc1ccc(Cc2cnc(Cc3ccc(-c4ccc(F)cc4Cl)cc3)[nH]2)cc1. The fourth-order valence-corrected chi connectivity index (χ4v) is 3.50. The lowest BCUT2D eigenvalue weighted by atomic mass is 10.0. The topological polar surface area (TPSA) is 52.5 Å². The van der Waals surface area contributed by atoms with Crippen molar-refractivity contribution in [3.05, 3.63) is 112 Å². The molecular formula is C24H17ClFN3. The molecule has 0 radical (unpaired) electrons. The second-order valence-corrected chi connectivity index (χ2v) is 7.25. The highest BCUT2D eigenvalue weighted by atomic mass is 35.5. The third-order valence-corrected chi connectivity index (χ3v) is 5.04. The van der Waals surface area contributed by atoms with E-state index in [1.54, 1.807) is 6.07 Å². The highest BCUT2D eigenvalue weighted by Crippen LogP contribution is 2.28. The standard InChI is InChI=1S/C24H17ClFN3/c25-23-13-20(26)9-10-22(23)19-7-5-17(6-8-19)12-24-28-15-21(29-24)11-16-1-3-18(14-27)4-2-16/h1-10,13,15H,11-12H2,(H,28,29). The maximum Gasteiger partial charge on any atom is 0.124 e. The first-order chi connectivity index (χ1) is 14.1. The molecule has 142 valence electrons. The highest BCUT2D eigenvalue weighted by molar-refractivity contribution is 6.33. The van der Waals surface area contributed by atoms with Crippen molar-refractivity contribution in [2.24, 2.45) is 0 Å². The van der Waals surface area contributed by atoms with E-state index in [0.29, 0.717) is 17.0 Å². The zero-order valence-electron chi connectivity index (χ0n) is 15.5. The summed E-state index contributed by atoms with van der Waals surface area (Å²) in [6, 6.07) is 22.1. The summed E-state index contributed by atoms with van der Waals surface area (Å²) in [7, 11) is 0. The van der Waals surface area contributed by atoms with Gasteiger partial charge in [0.2, 0.25) is 0 Å². The van der Waals surface area contributed by atoms with Crippen molar-refractivity contribution >= 4 is 11.6 Å². The van der Waals surface area contributed by atoms with Crippen LogP contribution in [0.4, 0.5) is 4.39 Å². The monoisotopic (exact) mass is 401 g/mol. The van der Waals surface area contributed by atoms with E-state index in [1.807, 2.05) is 54.7 Å². The lowest BCUT2D eigenvalue weighted by molar-refractivity contribution is 0.628. The molecule has 0 aliphatic heterocycles. The second kappa shape index (κ2) is 8.30. The Balaban J connectivity index is 1.44. The van der Waals surface area contributed by atoms with Gasteiger partial charge < -0.3 is 4.98 Å². The predicted molar refractivity (Wildman–Crippen MR) is 112 cm³/mol. The molecule has 0 fully saturated rings. The molecule has 1 aromatic heterocycles. The molecule has 29 heavy (non-hydrogen) atoms. The van der Waals surface area contributed by atoms with Gasteiger partial charge in [0.1, 0.15) is 11.6 Å². The molecule has 0 saturated carbocycles. The van der Waals surface area contributed by atoms with Gasteiger partial charge in [0, 0.05) is 30.3 Å². The van der Waals surface area contributed by atoms with Crippen molar-refractivity contribution in [2.45, 2.75) is 12.8 Å². The maximum atomic E-state index is 13.2. The molecule has 0 amide bonds. The number of aromatic nitrogens is 2. The number of hydrogen-bond donors (Lipinski definition) is 1. The minimum atomic E-state index is -0.343. The second-order valence-electron chi connectivity index (χ2n) is 6.84. The Morgan fingerprint density at radius 3 is 2.31 bits per heavy atom. The van der Waals surface area contributed by atoms with Gasteiger partial charge in [-0.1, -0.05) is 48.0 Å². The Labute approximate surface area is 173 Å². The van der Waals surface area contributed by atoms with E-state index >= 15 is 0 Å². The van der Waals surface area contributed by atoms with Crippen molar-refractivity contribution in [2.75, 3.05) is 0 Å². The van der Waals surface area contributed by atoms with Crippen molar-refractivity contribution < 1.29 is 4.39 Å². The molecule has 0 bridgehead atoms. The summed E-state index contributed by atoms with van der Waals surface area (Å²) in [6.45, 7) is 0. The summed E-state index contributed by atoms with van der Waals surface area (Å²) in [5.74, 6) is 0.547. The van der Waals surface area contributed by atoms with Crippen LogP contribution >= 0.6 is 11.6 Å². The van der Waals surface area contributed by atoms with Gasteiger partial charge in [-0.05, 0) is 47.0 Å². The lowest BCUT2D eigenvalue weighted by Crippen LogP contribution is -1.93. The molecule has 4 aromatic rings. The van der Waals surface area contributed by atoms with E-state index in [1.165, 1.54) is 12.1 Å². The number of nitrogens with one attached hydrogen (secondary N) is 1. The molecule has 3 aromatic carbocycles. The molecule has 0 spiro atoms. The highest BCUT2D eigenvalue weighted by Gasteiger charge is 2.07. The van der Waals surface area contributed by atoms with E-state index < -0.39 is 0 Å². The summed E-state index contributed by atoms with van der Waals surface area (Å²) in [5, 5.41) is 9.28. The van der Waals surface area contributed by atoms with Gasteiger partial charge in [-0.3, -0.25) is 0 Å². The predicted octanol–water partition coefficient (Wildman–Crippen LogP) is 5.92. The summed E-state index contributed by atoms with van der Waals surface area (Å²) < 4.78 is 13.2. The maximum absolute atomic E-state index is 13.2. The molecule has 5 heteroatoms. The smallest absolute Gasteiger partial charge is 0.124 e. The average Bonchev–Trinajstić information content (AvgIpc) is 3.16. The van der Waals surface area contributed by atoms with E-state index in [-0.39, 0.29) is 5.82 Å². The van der Waals surface area contributed by atoms with Crippen LogP contribution in [-0.2, 0) is 12.8 Å². The van der Waals surface area contributed by atoms with Crippen LogP contribution in [0.5, 0.6) is 0 Å². The van der Waals surface area contributed by atoms with Gasteiger partial charge in [0.25, 0.3) is 0 Å². The van der Waals surface area contributed by atoms with Crippen LogP contribution in [0.3, 0.4) is 0 Å². The normalized spacial score (nSPS) is 10.7. The first-order valence-electron chi connectivity index (χ1n) is 9.17. The third kappa shape index (κ3) is 4.53. The van der Waals surface area contributed by atoms with Gasteiger partial charge in [0.05, 0.1) is 16.7 Å². The van der Waals surface area contributed by atoms with E-state index in [9.17, 15) is 4.39 Å². The van der Waals surface area contributed by atoms with Crippen LogP contribution in [0.1, 0.15) is 28.2 Å². The molecule has 1 N–H and O–H groups in total. The zero-order chi connectivity index (χ0) is 20.2. The van der Waals surface area contributed by atoms with Crippen molar-refractivity contribution in [3.8, 4) is 17.2 Å². The Kier molecular flexibility index (Phi) is 5.41. The van der Waals surface area contributed by atoms with E-state index in [2.05, 4.69) is 16.0 Å². The van der Waals surface area contributed by atoms with E-state index in [4.69, 9.17) is 16.9 Å². The summed E-state index contributed by atoms with van der Waals surface area (Å²) in [4.78, 5) is 7.84. The zero-order valence-corrected chi connectivity index (χ0v) is 16.2. The first-order valence-corrected chi connectivity index (χ1v) is 9.54. The Hall–Kier alpha value is -3.42. The average molecular weight is 402 g/mol. The van der Waals surface area contributed by atoms with Gasteiger partial charge >= 0.3 is 0 Å². The van der Waals surface area contributed by atoms with Crippen LogP contribution in [0.25, 0.3) is 11.1 Å². The molecule has 4 rings (SSSR count). The van der Waals surface area contributed by atoms with Gasteiger partial charge in [-0.25, -0.2) is 9.37 Å². The minimum absolute atomic E-state index is 0.343. The molecular weight excluding hydrogens is 385 g/mol. The number of nitrogens with zero attached hydrogens (tertiary/aromatic N) is 2.